The quantitative estimate of drug-likeness (QED) is 0.513. The third-order valence-corrected chi connectivity index (χ3v) is 3.92. The molecule has 0 amide bonds. The van der Waals surface area contributed by atoms with Gasteiger partial charge in [-0.15, -0.1) is 0 Å². The fourth-order valence-corrected chi connectivity index (χ4v) is 3.16. The van der Waals surface area contributed by atoms with E-state index in [1.54, 1.807) is 17.8 Å². The number of hydrogen-bond donors (Lipinski definition) is 1. The minimum atomic E-state index is 0.539. The van der Waals surface area contributed by atoms with Crippen LogP contribution in [0.3, 0.4) is 0 Å². The Morgan fingerprint density at radius 2 is 2.44 bits per heavy atom. The predicted molar refractivity (Wildman–Crippen MR) is 68.1 cm³/mol. The molecule has 1 unspecified atom stereocenters. The second-order valence-electron chi connectivity index (χ2n) is 4.14. The number of nitrogens with zero attached hydrogens (tertiary/aromatic N) is 2. The van der Waals surface area contributed by atoms with E-state index in [2.05, 4.69) is 15.3 Å². The molecule has 1 atom stereocenters. The van der Waals surface area contributed by atoms with Crippen molar-refractivity contribution in [3.63, 3.8) is 0 Å². The van der Waals surface area contributed by atoms with Crippen LogP contribution in [0.15, 0.2) is 11.2 Å². The Morgan fingerprint density at radius 1 is 1.56 bits per heavy atom. The van der Waals surface area contributed by atoms with Crippen molar-refractivity contribution in [3.05, 3.63) is 16.9 Å². The summed E-state index contributed by atoms with van der Waals surface area (Å²) in [6, 6.07) is 1.79. The van der Waals surface area contributed by atoms with Crippen LogP contribution in [0.25, 0.3) is 0 Å². The maximum atomic E-state index is 5.89. The zero-order valence-electron chi connectivity index (χ0n) is 9.37. The minimum Gasteiger partial charge on any atom is -0.316 e. The van der Waals surface area contributed by atoms with Gasteiger partial charge in [0, 0.05) is 11.4 Å². The highest BCUT2D eigenvalue weighted by molar-refractivity contribution is 7.99. The summed E-state index contributed by atoms with van der Waals surface area (Å²) in [4.78, 5) is 8.58. The fourth-order valence-electron chi connectivity index (χ4n) is 1.83. The summed E-state index contributed by atoms with van der Waals surface area (Å²) in [5.74, 6) is 1.81. The molecule has 1 aliphatic heterocycles. The Labute approximate surface area is 105 Å². The summed E-state index contributed by atoms with van der Waals surface area (Å²) in [5, 5.41) is 4.75. The van der Waals surface area contributed by atoms with Gasteiger partial charge in [-0.3, -0.25) is 0 Å². The summed E-state index contributed by atoms with van der Waals surface area (Å²) in [5.41, 5.74) is 0.935. The normalized spacial score (nSPS) is 21.0. The van der Waals surface area contributed by atoms with Gasteiger partial charge in [-0.25, -0.2) is 9.97 Å². The number of aromatic nitrogens is 2. The zero-order valence-corrected chi connectivity index (χ0v) is 10.9. The molecule has 1 aromatic heterocycles. The monoisotopic (exact) mass is 257 g/mol. The summed E-state index contributed by atoms with van der Waals surface area (Å²) < 4.78 is 0. The molecule has 0 aromatic carbocycles. The molecule has 16 heavy (non-hydrogen) atoms. The van der Waals surface area contributed by atoms with Gasteiger partial charge in [-0.05, 0) is 44.8 Å². The lowest BCUT2D eigenvalue weighted by molar-refractivity contribution is 0.410. The lowest BCUT2D eigenvalue weighted by Crippen LogP contribution is -2.30. The first-order chi connectivity index (χ1) is 7.74. The predicted octanol–water partition coefficient (Wildman–Crippen LogP) is 2.53. The molecular weight excluding hydrogens is 242 g/mol. The number of piperidine rings is 1. The van der Waals surface area contributed by atoms with Gasteiger partial charge >= 0.3 is 0 Å². The number of aryl methyl sites for hydroxylation is 1. The minimum absolute atomic E-state index is 0.539. The first kappa shape index (κ1) is 12.1. The van der Waals surface area contributed by atoms with Crippen LogP contribution in [-0.2, 0) is 0 Å². The maximum Gasteiger partial charge on any atom is 0.189 e. The van der Waals surface area contributed by atoms with Gasteiger partial charge in [-0.2, -0.15) is 0 Å². The molecule has 0 bridgehead atoms. The molecule has 1 saturated heterocycles. The summed E-state index contributed by atoms with van der Waals surface area (Å²) in [6.45, 7) is 4.22. The van der Waals surface area contributed by atoms with E-state index in [9.17, 15) is 0 Å². The molecule has 3 nitrogen and oxygen atoms in total. The zero-order chi connectivity index (χ0) is 11.4. The Kier molecular flexibility index (Phi) is 4.44. The third kappa shape index (κ3) is 3.61. The Hall–Kier alpha value is -0.320. The van der Waals surface area contributed by atoms with Crippen LogP contribution in [0, 0.1) is 12.8 Å². The van der Waals surface area contributed by atoms with Crippen LogP contribution in [0.2, 0.25) is 5.15 Å². The highest BCUT2D eigenvalue weighted by atomic mass is 35.5. The van der Waals surface area contributed by atoms with Crippen molar-refractivity contribution in [1.29, 1.82) is 0 Å². The second kappa shape index (κ2) is 5.84. The molecule has 2 heterocycles. The Balaban J connectivity index is 1.88. The van der Waals surface area contributed by atoms with Gasteiger partial charge in [0.25, 0.3) is 0 Å². The van der Waals surface area contributed by atoms with E-state index in [0.29, 0.717) is 5.15 Å². The van der Waals surface area contributed by atoms with E-state index in [1.807, 2.05) is 6.92 Å². The molecule has 1 N–H and O–H groups in total. The molecule has 1 aliphatic rings. The van der Waals surface area contributed by atoms with Gasteiger partial charge in [0.1, 0.15) is 5.15 Å². The number of thioether (sulfide) groups is 1. The topological polar surface area (TPSA) is 37.8 Å². The van der Waals surface area contributed by atoms with Crippen LogP contribution >= 0.6 is 23.4 Å². The standard InChI is InChI=1S/C11H16ClN3S/c1-8-5-10(12)15-11(14-8)16-7-9-3-2-4-13-6-9/h5,9,13H,2-4,6-7H2,1H3. The van der Waals surface area contributed by atoms with E-state index in [4.69, 9.17) is 11.6 Å². The van der Waals surface area contributed by atoms with Crippen molar-refractivity contribution in [3.8, 4) is 0 Å². The van der Waals surface area contributed by atoms with Gasteiger partial charge < -0.3 is 5.32 Å². The van der Waals surface area contributed by atoms with E-state index in [1.165, 1.54) is 12.8 Å². The molecular formula is C11H16ClN3S. The summed E-state index contributed by atoms with van der Waals surface area (Å²) >= 11 is 7.60. The van der Waals surface area contributed by atoms with Crippen LogP contribution in [0.5, 0.6) is 0 Å². The Morgan fingerprint density at radius 3 is 3.12 bits per heavy atom. The van der Waals surface area contributed by atoms with Crippen LogP contribution < -0.4 is 5.32 Å². The SMILES string of the molecule is Cc1cc(Cl)nc(SCC2CCCNC2)n1. The number of halogens is 1. The molecule has 0 spiro atoms. The molecule has 88 valence electrons. The average Bonchev–Trinajstić information content (AvgIpc) is 2.27. The van der Waals surface area contributed by atoms with Gasteiger partial charge in [0.15, 0.2) is 5.16 Å². The first-order valence-electron chi connectivity index (χ1n) is 5.59. The van der Waals surface area contributed by atoms with Crippen molar-refractivity contribution in [2.75, 3.05) is 18.8 Å². The number of hydrogen-bond acceptors (Lipinski definition) is 4. The first-order valence-corrected chi connectivity index (χ1v) is 6.95. The van der Waals surface area contributed by atoms with Crippen molar-refractivity contribution >= 4 is 23.4 Å². The average molecular weight is 258 g/mol. The van der Waals surface area contributed by atoms with Gasteiger partial charge in [0.2, 0.25) is 0 Å². The van der Waals surface area contributed by atoms with E-state index in [0.717, 1.165) is 35.6 Å². The molecule has 5 heteroatoms. The molecule has 1 fully saturated rings. The largest absolute Gasteiger partial charge is 0.316 e. The molecule has 0 saturated carbocycles. The van der Waals surface area contributed by atoms with Gasteiger partial charge in [-0.1, -0.05) is 23.4 Å². The molecule has 0 aliphatic carbocycles. The van der Waals surface area contributed by atoms with E-state index >= 15 is 0 Å². The van der Waals surface area contributed by atoms with Crippen molar-refractivity contribution in [1.82, 2.24) is 15.3 Å². The second-order valence-corrected chi connectivity index (χ2v) is 5.51. The lowest BCUT2D eigenvalue weighted by atomic mass is 10.0. The summed E-state index contributed by atoms with van der Waals surface area (Å²) in [7, 11) is 0. The highest BCUT2D eigenvalue weighted by Gasteiger charge is 2.14. The molecule has 1 aromatic rings. The lowest BCUT2D eigenvalue weighted by Gasteiger charge is -2.21. The van der Waals surface area contributed by atoms with E-state index in [-0.39, 0.29) is 0 Å². The van der Waals surface area contributed by atoms with Crippen molar-refractivity contribution in [2.24, 2.45) is 5.92 Å². The van der Waals surface area contributed by atoms with Crippen LogP contribution in [0.1, 0.15) is 18.5 Å². The van der Waals surface area contributed by atoms with Crippen molar-refractivity contribution in [2.45, 2.75) is 24.9 Å². The van der Waals surface area contributed by atoms with E-state index < -0.39 is 0 Å². The highest BCUT2D eigenvalue weighted by Crippen LogP contribution is 2.22. The molecule has 0 radical (unpaired) electrons. The maximum absolute atomic E-state index is 5.89. The van der Waals surface area contributed by atoms with Crippen LogP contribution in [-0.4, -0.2) is 28.8 Å². The molecule has 2 rings (SSSR count). The smallest absolute Gasteiger partial charge is 0.189 e. The van der Waals surface area contributed by atoms with Gasteiger partial charge in [0.05, 0.1) is 0 Å². The van der Waals surface area contributed by atoms with Crippen molar-refractivity contribution < 1.29 is 0 Å². The number of nitrogens with one attached hydrogen (secondary N) is 1. The fraction of sp³-hybridized carbons (Fsp3) is 0.636. The van der Waals surface area contributed by atoms with Crippen LogP contribution in [0.4, 0.5) is 0 Å². The number of rotatable bonds is 3. The Bertz CT molecular complexity index is 333. The summed E-state index contributed by atoms with van der Waals surface area (Å²) in [6.07, 6.45) is 2.58. The third-order valence-electron chi connectivity index (χ3n) is 2.65.